The molecule has 0 aliphatic heterocycles. The number of nitrogens with one attached hydrogen (secondary N) is 1. The zero-order chi connectivity index (χ0) is 11.5. The highest BCUT2D eigenvalue weighted by atomic mass is 32.2. The predicted octanol–water partition coefficient (Wildman–Crippen LogP) is 0.767. The first kappa shape index (κ1) is 11.6. The van der Waals surface area contributed by atoms with Crippen LogP contribution in [-0.4, -0.2) is 15.0 Å². The van der Waals surface area contributed by atoms with Crippen molar-refractivity contribution in [1.29, 1.82) is 5.26 Å². The van der Waals surface area contributed by atoms with Crippen LogP contribution in [0.3, 0.4) is 0 Å². The van der Waals surface area contributed by atoms with Crippen LogP contribution in [0, 0.1) is 23.0 Å². The summed E-state index contributed by atoms with van der Waals surface area (Å²) >= 11 is 0. The van der Waals surface area contributed by atoms with E-state index in [1.165, 1.54) is 0 Å². The number of hydrogen-bond donors (Lipinski definition) is 1. The molecule has 1 N–H and O–H groups in total. The minimum Gasteiger partial charge on any atom is -0.207 e. The summed E-state index contributed by atoms with van der Waals surface area (Å²) < 4.78 is 49.7. The predicted molar refractivity (Wildman–Crippen MR) is 47.2 cm³/mol. The third-order valence-electron chi connectivity index (χ3n) is 1.54. The number of benzene rings is 1. The number of hydrogen-bond acceptors (Lipinski definition) is 3. The van der Waals surface area contributed by atoms with Crippen molar-refractivity contribution in [3.05, 3.63) is 29.8 Å². The maximum Gasteiger partial charge on any atom is 0.241 e. The summed E-state index contributed by atoms with van der Waals surface area (Å²) in [6.45, 7) is -0.429. The average molecular weight is 232 g/mol. The molecule has 0 aliphatic carbocycles. The zero-order valence-corrected chi connectivity index (χ0v) is 8.18. The number of nitrogens with zero attached hydrogens (tertiary/aromatic N) is 1. The normalized spacial score (nSPS) is 11.0. The fourth-order valence-corrected chi connectivity index (χ4v) is 1.78. The van der Waals surface area contributed by atoms with Crippen LogP contribution in [0.5, 0.6) is 0 Å². The SMILES string of the molecule is N#CCNS(=O)(=O)c1ccc(F)c(F)c1. The van der Waals surface area contributed by atoms with Crippen molar-refractivity contribution < 1.29 is 17.2 Å². The van der Waals surface area contributed by atoms with Crippen molar-refractivity contribution in [3.8, 4) is 6.07 Å². The second-order valence-corrected chi connectivity index (χ2v) is 4.33. The standard InChI is InChI=1S/C8H6F2N2O2S/c9-7-2-1-6(5-8(7)10)15(13,14)12-4-3-11/h1-2,5,12H,4H2. The molecule has 0 heterocycles. The Hall–Kier alpha value is -1.52. The molecule has 1 rings (SSSR count). The molecule has 0 atom stereocenters. The minimum absolute atomic E-state index is 0.420. The Labute approximate surface area is 85.2 Å². The van der Waals surface area contributed by atoms with Gasteiger partial charge in [0.2, 0.25) is 10.0 Å². The van der Waals surface area contributed by atoms with E-state index in [9.17, 15) is 17.2 Å². The topological polar surface area (TPSA) is 70.0 Å². The van der Waals surface area contributed by atoms with Crippen molar-refractivity contribution in [3.63, 3.8) is 0 Å². The highest BCUT2D eigenvalue weighted by Crippen LogP contribution is 2.13. The Balaban J connectivity index is 3.07. The Morgan fingerprint density at radius 3 is 2.53 bits per heavy atom. The first-order valence-electron chi connectivity index (χ1n) is 3.79. The van der Waals surface area contributed by atoms with Crippen LogP contribution in [-0.2, 0) is 10.0 Å². The first-order chi connectivity index (χ1) is 6.97. The van der Waals surface area contributed by atoms with E-state index in [1.54, 1.807) is 6.07 Å². The molecule has 1 aromatic rings. The van der Waals surface area contributed by atoms with E-state index >= 15 is 0 Å². The number of nitriles is 1. The summed E-state index contributed by atoms with van der Waals surface area (Å²) in [4.78, 5) is -0.420. The first-order valence-corrected chi connectivity index (χ1v) is 5.27. The molecule has 80 valence electrons. The quantitative estimate of drug-likeness (QED) is 0.782. The van der Waals surface area contributed by atoms with E-state index in [-0.39, 0.29) is 0 Å². The molecule has 0 fully saturated rings. The Morgan fingerprint density at radius 1 is 1.33 bits per heavy atom. The van der Waals surface area contributed by atoms with Crippen LogP contribution >= 0.6 is 0 Å². The summed E-state index contributed by atoms with van der Waals surface area (Å²) in [7, 11) is -3.94. The molecule has 4 nitrogen and oxygen atoms in total. The van der Waals surface area contributed by atoms with Gasteiger partial charge in [-0.1, -0.05) is 0 Å². The van der Waals surface area contributed by atoms with E-state index in [2.05, 4.69) is 0 Å². The van der Waals surface area contributed by atoms with Crippen molar-refractivity contribution >= 4 is 10.0 Å². The van der Waals surface area contributed by atoms with E-state index in [0.29, 0.717) is 12.1 Å². The van der Waals surface area contributed by atoms with Gasteiger partial charge in [0.1, 0.15) is 0 Å². The van der Waals surface area contributed by atoms with Gasteiger partial charge in [0.05, 0.1) is 17.5 Å². The molecule has 7 heteroatoms. The maximum absolute atomic E-state index is 12.7. The van der Waals surface area contributed by atoms with Crippen molar-refractivity contribution in [1.82, 2.24) is 4.72 Å². The molecule has 0 aromatic heterocycles. The Morgan fingerprint density at radius 2 is 2.00 bits per heavy atom. The molecule has 0 saturated carbocycles. The van der Waals surface area contributed by atoms with Gasteiger partial charge in [0, 0.05) is 0 Å². The van der Waals surface area contributed by atoms with Crippen molar-refractivity contribution in [2.45, 2.75) is 4.90 Å². The molecular weight excluding hydrogens is 226 g/mol. The van der Waals surface area contributed by atoms with Gasteiger partial charge < -0.3 is 0 Å². The summed E-state index contributed by atoms with van der Waals surface area (Å²) in [5.41, 5.74) is 0. The highest BCUT2D eigenvalue weighted by Gasteiger charge is 2.15. The molecule has 1 aromatic carbocycles. The molecule has 0 amide bonds. The Bertz CT molecular complexity index is 508. The largest absolute Gasteiger partial charge is 0.241 e. The highest BCUT2D eigenvalue weighted by molar-refractivity contribution is 7.89. The van der Waals surface area contributed by atoms with Gasteiger partial charge in [0.15, 0.2) is 11.6 Å². The Kier molecular flexibility index (Phi) is 3.34. The van der Waals surface area contributed by atoms with Gasteiger partial charge in [-0.25, -0.2) is 17.2 Å². The molecule has 0 bridgehead atoms. The maximum atomic E-state index is 12.7. The second-order valence-electron chi connectivity index (χ2n) is 2.56. The van der Waals surface area contributed by atoms with Crippen molar-refractivity contribution in [2.24, 2.45) is 0 Å². The summed E-state index contributed by atoms with van der Waals surface area (Å²) in [5.74, 6) is -2.39. The summed E-state index contributed by atoms with van der Waals surface area (Å²) in [6.07, 6.45) is 0. The van der Waals surface area contributed by atoms with Gasteiger partial charge in [-0.15, -0.1) is 0 Å². The van der Waals surface area contributed by atoms with Gasteiger partial charge in [-0.2, -0.15) is 9.98 Å². The lowest BCUT2D eigenvalue weighted by molar-refractivity contribution is 0.504. The van der Waals surface area contributed by atoms with Crippen LogP contribution in [0.4, 0.5) is 8.78 Å². The van der Waals surface area contributed by atoms with E-state index < -0.39 is 33.1 Å². The van der Waals surface area contributed by atoms with E-state index in [4.69, 9.17) is 5.26 Å². The van der Waals surface area contributed by atoms with E-state index in [0.717, 1.165) is 6.07 Å². The van der Waals surface area contributed by atoms with Gasteiger partial charge in [-0.05, 0) is 18.2 Å². The summed E-state index contributed by atoms with van der Waals surface area (Å²) in [5, 5.41) is 8.16. The van der Waals surface area contributed by atoms with Crippen LogP contribution in [0.15, 0.2) is 23.1 Å². The van der Waals surface area contributed by atoms with Gasteiger partial charge in [-0.3, -0.25) is 0 Å². The fraction of sp³-hybridized carbons (Fsp3) is 0.125. The summed E-state index contributed by atoms with van der Waals surface area (Å²) in [6, 6.07) is 3.73. The molecule has 0 saturated heterocycles. The molecule has 0 aliphatic rings. The number of halogens is 2. The van der Waals surface area contributed by atoms with Crippen LogP contribution in [0.25, 0.3) is 0 Å². The second kappa shape index (κ2) is 4.33. The molecular formula is C8H6F2N2O2S. The number of rotatable bonds is 3. The van der Waals surface area contributed by atoms with Crippen LogP contribution in [0.2, 0.25) is 0 Å². The third-order valence-corrected chi connectivity index (χ3v) is 2.94. The number of sulfonamides is 1. The smallest absolute Gasteiger partial charge is 0.207 e. The lowest BCUT2D eigenvalue weighted by Gasteiger charge is -2.03. The van der Waals surface area contributed by atoms with Gasteiger partial charge in [0.25, 0.3) is 0 Å². The van der Waals surface area contributed by atoms with Crippen LogP contribution in [0.1, 0.15) is 0 Å². The van der Waals surface area contributed by atoms with E-state index in [1.807, 2.05) is 4.72 Å². The molecule has 0 spiro atoms. The zero-order valence-electron chi connectivity index (χ0n) is 7.37. The lowest BCUT2D eigenvalue weighted by atomic mass is 10.3. The van der Waals surface area contributed by atoms with Crippen molar-refractivity contribution in [2.75, 3.05) is 6.54 Å². The van der Waals surface area contributed by atoms with Gasteiger partial charge >= 0.3 is 0 Å². The molecule has 0 radical (unpaired) electrons. The third kappa shape index (κ3) is 2.71. The minimum atomic E-state index is -3.94. The molecule has 15 heavy (non-hydrogen) atoms. The average Bonchev–Trinajstić information content (AvgIpc) is 2.19. The fourth-order valence-electron chi connectivity index (χ4n) is 0.855. The van der Waals surface area contributed by atoms with Crippen LogP contribution < -0.4 is 4.72 Å². The lowest BCUT2D eigenvalue weighted by Crippen LogP contribution is -2.24. The molecule has 0 unspecified atom stereocenters. The monoisotopic (exact) mass is 232 g/mol.